The van der Waals surface area contributed by atoms with E-state index in [4.69, 9.17) is 0 Å². The van der Waals surface area contributed by atoms with Crippen molar-refractivity contribution in [2.75, 3.05) is 13.1 Å². The first-order chi connectivity index (χ1) is 10.3. The Hall–Kier alpha value is -1.08. The van der Waals surface area contributed by atoms with Crippen LogP contribution in [-0.4, -0.2) is 30.3 Å². The van der Waals surface area contributed by atoms with Gasteiger partial charge in [0.15, 0.2) is 0 Å². The quantitative estimate of drug-likeness (QED) is 0.746. The lowest BCUT2D eigenvalue weighted by Gasteiger charge is -2.39. The number of carbonyl (C=O) groups is 1. The van der Waals surface area contributed by atoms with Crippen molar-refractivity contribution in [1.29, 1.82) is 0 Å². The average molecular weight is 378 g/mol. The van der Waals surface area contributed by atoms with Crippen LogP contribution in [-0.2, 0) is 21.5 Å². The fourth-order valence-electron chi connectivity index (χ4n) is 3.50. The Morgan fingerprint density at radius 2 is 1.91 bits per heavy atom. The van der Waals surface area contributed by atoms with E-state index >= 15 is 0 Å². The number of alkyl halides is 3. The third kappa shape index (κ3) is 2.76. The van der Waals surface area contributed by atoms with Crippen LogP contribution in [0.2, 0.25) is 0 Å². The third-order valence-corrected chi connectivity index (χ3v) is 5.41. The lowest BCUT2D eigenvalue weighted by Crippen LogP contribution is -2.44. The highest BCUT2D eigenvalue weighted by Gasteiger charge is 2.45. The minimum absolute atomic E-state index is 0.000251. The van der Waals surface area contributed by atoms with E-state index in [9.17, 15) is 18.0 Å². The zero-order chi connectivity index (χ0) is 16.0. The molecule has 0 atom stereocenters. The number of halogens is 4. The zero-order valence-corrected chi connectivity index (χ0v) is 13.3. The van der Waals surface area contributed by atoms with Gasteiger partial charge in [-0.15, -0.1) is 5.06 Å². The summed E-state index contributed by atoms with van der Waals surface area (Å²) in [6.07, 6.45) is -1.59. The van der Waals surface area contributed by atoms with Crippen molar-refractivity contribution in [3.8, 4) is 0 Å². The molecular formula is C15H15BrF3NO2. The molecule has 0 aromatic heterocycles. The van der Waals surface area contributed by atoms with Crippen molar-refractivity contribution in [2.45, 2.75) is 37.3 Å². The molecule has 0 radical (unpaired) electrons. The van der Waals surface area contributed by atoms with Gasteiger partial charge in [-0.3, -0.25) is 0 Å². The molecule has 0 amide bonds. The van der Waals surface area contributed by atoms with Gasteiger partial charge < -0.3 is 4.84 Å². The highest BCUT2D eigenvalue weighted by molar-refractivity contribution is 9.10. The Labute approximate surface area is 134 Å². The molecule has 120 valence electrons. The van der Waals surface area contributed by atoms with Gasteiger partial charge in [0.25, 0.3) is 0 Å². The topological polar surface area (TPSA) is 29.5 Å². The predicted molar refractivity (Wildman–Crippen MR) is 77.1 cm³/mol. The van der Waals surface area contributed by atoms with Crippen LogP contribution in [0.3, 0.4) is 0 Å². The monoisotopic (exact) mass is 377 g/mol. The van der Waals surface area contributed by atoms with Gasteiger partial charge in [-0.05, 0) is 48.3 Å². The van der Waals surface area contributed by atoms with Crippen molar-refractivity contribution < 1.29 is 22.8 Å². The normalized spacial score (nSPS) is 20.9. The Morgan fingerprint density at radius 3 is 2.55 bits per heavy atom. The molecule has 3 nitrogen and oxygen atoms in total. The Balaban J connectivity index is 1.69. The molecule has 1 aliphatic heterocycles. The number of carbonyl (C=O) groups excluding carboxylic acids is 1. The lowest BCUT2D eigenvalue weighted by molar-refractivity contribution is -0.242. The van der Waals surface area contributed by atoms with Crippen LogP contribution in [0.1, 0.15) is 30.4 Å². The molecule has 1 aliphatic carbocycles. The summed E-state index contributed by atoms with van der Waals surface area (Å²) in [6, 6.07) is 6.11. The van der Waals surface area contributed by atoms with E-state index < -0.39 is 12.1 Å². The molecule has 22 heavy (non-hydrogen) atoms. The summed E-state index contributed by atoms with van der Waals surface area (Å²) in [5.41, 5.74) is 2.58. The molecule has 7 heteroatoms. The zero-order valence-electron chi connectivity index (χ0n) is 11.8. The Morgan fingerprint density at radius 1 is 1.23 bits per heavy atom. The van der Waals surface area contributed by atoms with E-state index in [0.717, 1.165) is 22.4 Å². The van der Waals surface area contributed by atoms with E-state index in [1.807, 2.05) is 12.1 Å². The molecule has 0 bridgehead atoms. The highest BCUT2D eigenvalue weighted by atomic mass is 79.9. The summed E-state index contributed by atoms with van der Waals surface area (Å²) < 4.78 is 37.8. The van der Waals surface area contributed by atoms with Crippen molar-refractivity contribution >= 4 is 21.9 Å². The maximum atomic E-state index is 12.2. The van der Waals surface area contributed by atoms with Crippen LogP contribution < -0.4 is 0 Å². The first kappa shape index (κ1) is 15.8. The van der Waals surface area contributed by atoms with Gasteiger partial charge in [0.2, 0.25) is 0 Å². The summed E-state index contributed by atoms with van der Waals surface area (Å²) in [6.45, 7) is 0.654. The summed E-state index contributed by atoms with van der Waals surface area (Å²) >= 11 is 3.56. The van der Waals surface area contributed by atoms with Gasteiger partial charge in [0, 0.05) is 17.6 Å². The maximum Gasteiger partial charge on any atom is 0.492 e. The number of rotatable bonds is 1. The molecule has 0 unspecified atom stereocenters. The molecule has 1 aromatic rings. The van der Waals surface area contributed by atoms with E-state index in [-0.39, 0.29) is 5.41 Å². The van der Waals surface area contributed by atoms with Crippen LogP contribution in [0.15, 0.2) is 22.7 Å². The summed E-state index contributed by atoms with van der Waals surface area (Å²) in [4.78, 5) is 15.3. The maximum absolute atomic E-state index is 12.2. The van der Waals surface area contributed by atoms with Gasteiger partial charge in [-0.2, -0.15) is 13.2 Å². The number of fused-ring (bicyclic) bond motifs is 2. The summed E-state index contributed by atoms with van der Waals surface area (Å²) in [5, 5.41) is 1.14. The van der Waals surface area contributed by atoms with Gasteiger partial charge >= 0.3 is 12.1 Å². The molecule has 0 saturated carbocycles. The van der Waals surface area contributed by atoms with Crippen LogP contribution in [0, 0.1) is 0 Å². The molecule has 1 saturated heterocycles. The smallest absolute Gasteiger partial charge is 0.361 e. The highest BCUT2D eigenvalue weighted by Crippen LogP contribution is 2.48. The second-order valence-corrected chi connectivity index (χ2v) is 6.71. The average Bonchev–Trinajstić information content (AvgIpc) is 2.81. The fraction of sp³-hybridized carbons (Fsp3) is 0.533. The number of hydroxylamine groups is 2. The number of nitrogens with zero attached hydrogens (tertiary/aromatic N) is 1. The predicted octanol–water partition coefficient (Wildman–Crippen LogP) is 3.75. The molecule has 3 rings (SSSR count). The fourth-order valence-corrected chi connectivity index (χ4v) is 4.07. The largest absolute Gasteiger partial charge is 0.492 e. The number of hydrogen-bond donors (Lipinski definition) is 0. The molecule has 1 aromatic carbocycles. The third-order valence-electron chi connectivity index (χ3n) is 4.67. The number of hydrogen-bond acceptors (Lipinski definition) is 3. The SMILES string of the molecule is O=C(ON1CCC2(CCc3c(Br)cccc32)CC1)C(F)(F)F. The molecule has 1 spiro atoms. The number of piperidine rings is 1. The van der Waals surface area contributed by atoms with E-state index in [2.05, 4.69) is 26.8 Å². The molecule has 1 fully saturated rings. The van der Waals surface area contributed by atoms with Crippen LogP contribution in [0.4, 0.5) is 13.2 Å². The Kier molecular flexibility index (Phi) is 3.97. The standard InChI is InChI=1S/C15H15BrF3NO2/c16-12-3-1-2-11-10(12)4-5-14(11)6-8-20(9-7-14)22-13(21)15(17,18)19/h1-3H,4-9H2. The minimum Gasteiger partial charge on any atom is -0.361 e. The Bertz CT molecular complexity index is 595. The summed E-state index contributed by atoms with van der Waals surface area (Å²) in [7, 11) is 0. The van der Waals surface area contributed by atoms with Crippen LogP contribution >= 0.6 is 15.9 Å². The van der Waals surface area contributed by atoms with Gasteiger partial charge in [-0.1, -0.05) is 28.1 Å². The van der Waals surface area contributed by atoms with Crippen LogP contribution in [0.25, 0.3) is 0 Å². The van der Waals surface area contributed by atoms with E-state index in [1.165, 1.54) is 11.1 Å². The van der Waals surface area contributed by atoms with Crippen molar-refractivity contribution in [1.82, 2.24) is 5.06 Å². The molecule has 2 aliphatic rings. The second kappa shape index (κ2) is 5.53. The van der Waals surface area contributed by atoms with Crippen molar-refractivity contribution in [3.05, 3.63) is 33.8 Å². The van der Waals surface area contributed by atoms with Gasteiger partial charge in [0.05, 0.1) is 0 Å². The summed E-state index contributed by atoms with van der Waals surface area (Å²) in [5.74, 6) is -2.14. The number of benzene rings is 1. The van der Waals surface area contributed by atoms with Gasteiger partial charge in [0.1, 0.15) is 0 Å². The van der Waals surface area contributed by atoms with Crippen LogP contribution in [0.5, 0.6) is 0 Å². The molecular weight excluding hydrogens is 363 g/mol. The van der Waals surface area contributed by atoms with Crippen molar-refractivity contribution in [3.63, 3.8) is 0 Å². The second-order valence-electron chi connectivity index (χ2n) is 5.85. The first-order valence-corrected chi connectivity index (χ1v) is 7.93. The lowest BCUT2D eigenvalue weighted by atomic mass is 9.74. The van der Waals surface area contributed by atoms with Gasteiger partial charge in [-0.25, -0.2) is 4.79 Å². The van der Waals surface area contributed by atoms with E-state index in [0.29, 0.717) is 25.9 Å². The van der Waals surface area contributed by atoms with Crippen molar-refractivity contribution in [2.24, 2.45) is 0 Å². The molecule has 0 N–H and O–H groups in total. The molecule has 1 heterocycles. The van der Waals surface area contributed by atoms with E-state index in [1.54, 1.807) is 0 Å². The minimum atomic E-state index is -4.94. The first-order valence-electron chi connectivity index (χ1n) is 7.14.